The van der Waals surface area contributed by atoms with Crippen LogP contribution in [0.5, 0.6) is 0 Å². The molecule has 0 radical (unpaired) electrons. The Kier molecular flexibility index (Phi) is 4.31. The Morgan fingerprint density at radius 2 is 2.30 bits per heavy atom. The lowest BCUT2D eigenvalue weighted by Gasteiger charge is -2.36. The van der Waals surface area contributed by atoms with Crippen LogP contribution in [-0.4, -0.2) is 48.1 Å². The van der Waals surface area contributed by atoms with Crippen molar-refractivity contribution in [1.82, 2.24) is 15.2 Å². The van der Waals surface area contributed by atoms with Gasteiger partial charge in [-0.15, -0.1) is 0 Å². The number of piperidine rings is 1. The van der Waals surface area contributed by atoms with Gasteiger partial charge in [-0.1, -0.05) is 6.07 Å². The molecule has 4 rings (SSSR count). The highest BCUT2D eigenvalue weighted by atomic mass is 16.5. The largest absolute Gasteiger partial charge is 0.376 e. The van der Waals surface area contributed by atoms with Gasteiger partial charge in [0.25, 0.3) is 0 Å². The lowest BCUT2D eigenvalue weighted by atomic mass is 9.84. The molecule has 124 valence electrons. The topological polar surface area (TPSA) is 54.5 Å². The Hall–Kier alpha value is -1.46. The van der Waals surface area contributed by atoms with Crippen molar-refractivity contribution < 1.29 is 9.53 Å². The summed E-state index contributed by atoms with van der Waals surface area (Å²) in [4.78, 5) is 18.6. The highest BCUT2D eigenvalue weighted by Gasteiger charge is 2.41. The number of fused-ring (bicyclic) bond motifs is 1. The summed E-state index contributed by atoms with van der Waals surface area (Å²) in [6, 6.07) is 4.13. The molecule has 0 unspecified atom stereocenters. The maximum absolute atomic E-state index is 11.8. The number of likely N-dealkylation sites (tertiary alicyclic amines) is 1. The minimum absolute atomic E-state index is 0.180. The second-order valence-electron chi connectivity index (χ2n) is 7.20. The lowest BCUT2D eigenvalue weighted by Crippen LogP contribution is -2.45. The summed E-state index contributed by atoms with van der Waals surface area (Å²) in [5.41, 5.74) is 1.27. The molecule has 1 aliphatic carbocycles. The first-order chi connectivity index (χ1) is 11.3. The molecule has 1 aromatic heterocycles. The molecule has 5 heteroatoms. The predicted octanol–water partition coefficient (Wildman–Crippen LogP) is 1.44. The maximum atomic E-state index is 11.8. The van der Waals surface area contributed by atoms with E-state index in [1.165, 1.54) is 12.0 Å². The first-order valence-corrected chi connectivity index (χ1v) is 8.80. The highest BCUT2D eigenvalue weighted by molar-refractivity contribution is 5.80. The van der Waals surface area contributed by atoms with Gasteiger partial charge in [-0.2, -0.15) is 0 Å². The van der Waals surface area contributed by atoms with Crippen LogP contribution in [0, 0.1) is 17.8 Å². The van der Waals surface area contributed by atoms with Crippen LogP contribution in [-0.2, 0) is 16.1 Å². The summed E-state index contributed by atoms with van der Waals surface area (Å²) >= 11 is 0. The Balaban J connectivity index is 1.32. The van der Waals surface area contributed by atoms with Gasteiger partial charge < -0.3 is 10.1 Å². The van der Waals surface area contributed by atoms with Crippen molar-refractivity contribution in [1.29, 1.82) is 0 Å². The van der Waals surface area contributed by atoms with Gasteiger partial charge >= 0.3 is 0 Å². The number of pyridine rings is 1. The smallest absolute Gasteiger partial charge is 0.223 e. The van der Waals surface area contributed by atoms with Crippen LogP contribution in [0.25, 0.3) is 0 Å². The number of nitrogens with one attached hydrogen (secondary N) is 1. The second-order valence-corrected chi connectivity index (χ2v) is 7.20. The minimum atomic E-state index is 0.180. The van der Waals surface area contributed by atoms with E-state index in [4.69, 9.17) is 4.74 Å². The maximum Gasteiger partial charge on any atom is 0.223 e. The molecular weight excluding hydrogens is 290 g/mol. The van der Waals surface area contributed by atoms with Crippen molar-refractivity contribution in [2.24, 2.45) is 17.8 Å². The van der Waals surface area contributed by atoms with E-state index in [1.807, 2.05) is 18.5 Å². The van der Waals surface area contributed by atoms with Gasteiger partial charge in [0, 0.05) is 43.9 Å². The second kappa shape index (κ2) is 6.57. The highest BCUT2D eigenvalue weighted by Crippen LogP contribution is 2.35. The van der Waals surface area contributed by atoms with Crippen LogP contribution in [0.3, 0.4) is 0 Å². The Bertz CT molecular complexity index is 546. The van der Waals surface area contributed by atoms with Crippen LogP contribution >= 0.6 is 0 Å². The summed E-state index contributed by atoms with van der Waals surface area (Å²) in [5, 5.41) is 3.09. The van der Waals surface area contributed by atoms with Gasteiger partial charge in [-0.3, -0.25) is 14.7 Å². The Morgan fingerprint density at radius 1 is 1.39 bits per heavy atom. The van der Waals surface area contributed by atoms with Crippen LogP contribution in [0.1, 0.15) is 24.8 Å². The zero-order valence-corrected chi connectivity index (χ0v) is 13.5. The number of nitrogens with zero attached hydrogens (tertiary/aromatic N) is 2. The Labute approximate surface area is 137 Å². The van der Waals surface area contributed by atoms with Crippen molar-refractivity contribution in [3.63, 3.8) is 0 Å². The summed E-state index contributed by atoms with van der Waals surface area (Å²) in [6.07, 6.45) is 7.26. The van der Waals surface area contributed by atoms with Crippen LogP contribution < -0.4 is 5.32 Å². The first kappa shape index (κ1) is 15.1. The molecule has 1 N–H and O–H groups in total. The molecule has 23 heavy (non-hydrogen) atoms. The van der Waals surface area contributed by atoms with E-state index in [0.717, 1.165) is 39.1 Å². The van der Waals surface area contributed by atoms with Gasteiger partial charge in [-0.05, 0) is 43.4 Å². The standard InChI is InChI=1S/C18H25N3O2/c22-18(14-3-4-14)20-9-17-16-11-21(7-5-15(16)12-23-17)10-13-2-1-6-19-8-13/h1-2,6,8,14-17H,3-5,7,9-12H2,(H,20,22)/t15-,16-,17+/m0/s1. The molecule has 0 spiro atoms. The lowest BCUT2D eigenvalue weighted by molar-refractivity contribution is -0.122. The zero-order chi connectivity index (χ0) is 15.6. The average molecular weight is 315 g/mol. The van der Waals surface area contributed by atoms with Crippen molar-refractivity contribution >= 4 is 5.91 Å². The fourth-order valence-electron chi connectivity index (χ4n) is 3.89. The normalized spacial score (nSPS) is 30.9. The van der Waals surface area contributed by atoms with Crippen LogP contribution in [0.2, 0.25) is 0 Å². The molecule has 3 aliphatic rings. The van der Waals surface area contributed by atoms with E-state index in [-0.39, 0.29) is 17.9 Å². The summed E-state index contributed by atoms with van der Waals surface area (Å²) in [5.74, 6) is 1.70. The van der Waals surface area contributed by atoms with E-state index < -0.39 is 0 Å². The summed E-state index contributed by atoms with van der Waals surface area (Å²) < 4.78 is 6.00. The molecule has 5 nitrogen and oxygen atoms in total. The van der Waals surface area contributed by atoms with Crippen molar-refractivity contribution in [2.75, 3.05) is 26.2 Å². The molecule has 1 amide bonds. The van der Waals surface area contributed by atoms with Gasteiger partial charge in [-0.25, -0.2) is 0 Å². The minimum Gasteiger partial charge on any atom is -0.376 e. The third-order valence-electron chi connectivity index (χ3n) is 5.45. The number of rotatable bonds is 5. The molecular formula is C18H25N3O2. The van der Waals surface area contributed by atoms with E-state index in [0.29, 0.717) is 18.4 Å². The average Bonchev–Trinajstić information content (AvgIpc) is 3.35. The van der Waals surface area contributed by atoms with E-state index in [2.05, 4.69) is 21.3 Å². The number of amides is 1. The van der Waals surface area contributed by atoms with Crippen LogP contribution in [0.15, 0.2) is 24.5 Å². The SMILES string of the molecule is O=C(NC[C@H]1OC[C@@H]2CCN(Cc3cccnc3)C[C@@H]21)C1CC1. The summed E-state index contributed by atoms with van der Waals surface area (Å²) in [6.45, 7) is 4.68. The molecule has 3 fully saturated rings. The third-order valence-corrected chi connectivity index (χ3v) is 5.45. The number of hydrogen-bond acceptors (Lipinski definition) is 4. The van der Waals surface area contributed by atoms with Gasteiger partial charge in [0.2, 0.25) is 5.91 Å². The molecule has 0 bridgehead atoms. The fourth-order valence-corrected chi connectivity index (χ4v) is 3.89. The van der Waals surface area contributed by atoms with Crippen molar-refractivity contribution in [2.45, 2.75) is 31.9 Å². The fraction of sp³-hybridized carbons (Fsp3) is 0.667. The molecule has 1 saturated carbocycles. The molecule has 2 saturated heterocycles. The molecule has 3 heterocycles. The van der Waals surface area contributed by atoms with E-state index in [9.17, 15) is 4.79 Å². The monoisotopic (exact) mass is 315 g/mol. The predicted molar refractivity (Wildman–Crippen MR) is 86.6 cm³/mol. The Morgan fingerprint density at radius 3 is 3.09 bits per heavy atom. The van der Waals surface area contributed by atoms with Gasteiger partial charge in [0.15, 0.2) is 0 Å². The van der Waals surface area contributed by atoms with Crippen molar-refractivity contribution in [3.8, 4) is 0 Å². The quantitative estimate of drug-likeness (QED) is 0.893. The number of carbonyl (C=O) groups excluding carboxylic acids is 1. The zero-order valence-electron chi connectivity index (χ0n) is 13.5. The molecule has 3 atom stereocenters. The number of aromatic nitrogens is 1. The first-order valence-electron chi connectivity index (χ1n) is 8.80. The number of ether oxygens (including phenoxy) is 1. The molecule has 1 aromatic rings. The van der Waals surface area contributed by atoms with Crippen LogP contribution in [0.4, 0.5) is 0 Å². The van der Waals surface area contributed by atoms with Gasteiger partial charge in [0.05, 0.1) is 12.7 Å². The third kappa shape index (κ3) is 3.56. The molecule has 2 aliphatic heterocycles. The van der Waals surface area contributed by atoms with Crippen molar-refractivity contribution in [3.05, 3.63) is 30.1 Å². The van der Waals surface area contributed by atoms with E-state index >= 15 is 0 Å². The number of carbonyl (C=O) groups is 1. The molecule has 0 aromatic carbocycles. The summed E-state index contributed by atoms with van der Waals surface area (Å²) in [7, 11) is 0. The van der Waals surface area contributed by atoms with Gasteiger partial charge in [0.1, 0.15) is 0 Å². The number of hydrogen-bond donors (Lipinski definition) is 1. The van der Waals surface area contributed by atoms with E-state index in [1.54, 1.807) is 0 Å².